The standard InChI is InChI=1S/C12H12BrClN4O2/c1-2-6-17-10(7-13)15-16-12(17)11-8(14)4-3-5-9(11)18(19)20/h3-5H,2,6-7H2,1H3. The van der Waals surface area contributed by atoms with Crippen molar-refractivity contribution in [1.82, 2.24) is 14.8 Å². The van der Waals surface area contributed by atoms with Crippen molar-refractivity contribution in [2.45, 2.75) is 25.2 Å². The van der Waals surface area contributed by atoms with Gasteiger partial charge in [0.05, 0.1) is 15.3 Å². The van der Waals surface area contributed by atoms with Crippen molar-refractivity contribution in [2.75, 3.05) is 0 Å². The minimum Gasteiger partial charge on any atom is -0.310 e. The Balaban J connectivity index is 2.68. The van der Waals surface area contributed by atoms with Crippen LogP contribution >= 0.6 is 27.5 Å². The number of nitro groups is 1. The van der Waals surface area contributed by atoms with Gasteiger partial charge in [0.1, 0.15) is 11.4 Å². The Kier molecular flexibility index (Phi) is 4.72. The molecule has 0 bridgehead atoms. The number of nitrogens with zero attached hydrogens (tertiary/aromatic N) is 4. The highest BCUT2D eigenvalue weighted by Crippen LogP contribution is 2.35. The topological polar surface area (TPSA) is 73.8 Å². The molecule has 0 amide bonds. The molecule has 0 aliphatic carbocycles. The predicted molar refractivity (Wildman–Crippen MR) is 80.0 cm³/mol. The second-order valence-electron chi connectivity index (χ2n) is 4.12. The van der Waals surface area contributed by atoms with E-state index in [1.54, 1.807) is 12.1 Å². The van der Waals surface area contributed by atoms with Crippen LogP contribution in [0.15, 0.2) is 18.2 Å². The molecule has 0 atom stereocenters. The zero-order valence-electron chi connectivity index (χ0n) is 10.7. The molecule has 0 N–H and O–H groups in total. The van der Waals surface area contributed by atoms with Gasteiger partial charge in [-0.25, -0.2) is 0 Å². The van der Waals surface area contributed by atoms with Crippen LogP contribution in [0.2, 0.25) is 5.02 Å². The number of rotatable bonds is 5. The lowest BCUT2D eigenvalue weighted by molar-refractivity contribution is -0.384. The van der Waals surface area contributed by atoms with E-state index in [1.807, 2.05) is 11.5 Å². The minimum atomic E-state index is -0.458. The highest BCUT2D eigenvalue weighted by atomic mass is 79.9. The van der Waals surface area contributed by atoms with Crippen molar-refractivity contribution in [3.05, 3.63) is 39.2 Å². The molecule has 0 spiro atoms. The van der Waals surface area contributed by atoms with E-state index in [-0.39, 0.29) is 5.69 Å². The Bertz CT molecular complexity index is 644. The van der Waals surface area contributed by atoms with Crippen molar-refractivity contribution < 1.29 is 4.92 Å². The first-order chi connectivity index (χ1) is 9.60. The lowest BCUT2D eigenvalue weighted by atomic mass is 10.1. The molecule has 0 aliphatic rings. The SMILES string of the molecule is CCCn1c(CBr)nnc1-c1c(Cl)cccc1[N+](=O)[O-]. The van der Waals surface area contributed by atoms with Gasteiger partial charge in [0.15, 0.2) is 5.82 Å². The van der Waals surface area contributed by atoms with Gasteiger partial charge in [-0.3, -0.25) is 10.1 Å². The fraction of sp³-hybridized carbons (Fsp3) is 0.333. The predicted octanol–water partition coefficient (Wildman–Crippen LogP) is 3.81. The van der Waals surface area contributed by atoms with Gasteiger partial charge >= 0.3 is 0 Å². The molecule has 8 heteroatoms. The van der Waals surface area contributed by atoms with E-state index in [2.05, 4.69) is 26.1 Å². The maximum absolute atomic E-state index is 11.2. The lowest BCUT2D eigenvalue weighted by Crippen LogP contribution is -2.05. The zero-order chi connectivity index (χ0) is 14.7. The molecule has 0 saturated carbocycles. The van der Waals surface area contributed by atoms with Crippen molar-refractivity contribution in [3.8, 4) is 11.4 Å². The first-order valence-corrected chi connectivity index (χ1v) is 7.51. The van der Waals surface area contributed by atoms with E-state index in [9.17, 15) is 10.1 Å². The molecule has 0 fully saturated rings. The average Bonchev–Trinajstić information content (AvgIpc) is 2.81. The first-order valence-electron chi connectivity index (χ1n) is 6.01. The minimum absolute atomic E-state index is 0.0663. The maximum atomic E-state index is 11.2. The fourth-order valence-electron chi connectivity index (χ4n) is 1.96. The number of aromatic nitrogens is 3. The molecule has 0 aliphatic heterocycles. The summed E-state index contributed by atoms with van der Waals surface area (Å²) in [5.74, 6) is 1.15. The molecule has 0 radical (unpaired) electrons. The van der Waals surface area contributed by atoms with E-state index < -0.39 is 4.92 Å². The molecule has 2 rings (SSSR count). The fourth-order valence-corrected chi connectivity index (χ4v) is 2.63. The summed E-state index contributed by atoms with van der Waals surface area (Å²) in [4.78, 5) is 10.7. The summed E-state index contributed by atoms with van der Waals surface area (Å²) >= 11 is 9.48. The van der Waals surface area contributed by atoms with Gasteiger partial charge in [-0.15, -0.1) is 10.2 Å². The van der Waals surface area contributed by atoms with Gasteiger partial charge in [0.2, 0.25) is 0 Å². The normalized spacial score (nSPS) is 10.8. The van der Waals surface area contributed by atoms with Gasteiger partial charge in [0, 0.05) is 12.6 Å². The number of hydrogen-bond donors (Lipinski definition) is 0. The Morgan fingerprint density at radius 2 is 2.20 bits per heavy atom. The number of nitro benzene ring substituents is 1. The van der Waals surface area contributed by atoms with Gasteiger partial charge in [0.25, 0.3) is 5.69 Å². The molecule has 1 aromatic heterocycles. The monoisotopic (exact) mass is 358 g/mol. The molecule has 6 nitrogen and oxygen atoms in total. The lowest BCUT2D eigenvalue weighted by Gasteiger charge is -2.09. The van der Waals surface area contributed by atoms with Gasteiger partial charge in [-0.2, -0.15) is 0 Å². The second-order valence-corrected chi connectivity index (χ2v) is 5.08. The van der Waals surface area contributed by atoms with Crippen LogP contribution in [0.4, 0.5) is 5.69 Å². The van der Waals surface area contributed by atoms with Crippen LogP contribution in [-0.2, 0) is 11.9 Å². The number of hydrogen-bond acceptors (Lipinski definition) is 4. The molecular formula is C12H12BrClN4O2. The highest BCUT2D eigenvalue weighted by Gasteiger charge is 2.24. The second kappa shape index (κ2) is 6.32. The molecule has 2 aromatic rings. The molecule has 20 heavy (non-hydrogen) atoms. The van der Waals surface area contributed by atoms with Gasteiger partial charge in [-0.05, 0) is 12.5 Å². The van der Waals surface area contributed by atoms with Crippen LogP contribution in [0.3, 0.4) is 0 Å². The van der Waals surface area contributed by atoms with Crippen LogP contribution in [0.5, 0.6) is 0 Å². The molecule has 0 unspecified atom stereocenters. The van der Waals surface area contributed by atoms with Crippen LogP contribution in [-0.4, -0.2) is 19.7 Å². The summed E-state index contributed by atoms with van der Waals surface area (Å²) in [6.07, 6.45) is 0.864. The molecular weight excluding hydrogens is 348 g/mol. The van der Waals surface area contributed by atoms with Gasteiger partial charge < -0.3 is 4.57 Å². The van der Waals surface area contributed by atoms with Crippen molar-refractivity contribution in [1.29, 1.82) is 0 Å². The molecule has 0 saturated heterocycles. The van der Waals surface area contributed by atoms with Crippen LogP contribution in [0.25, 0.3) is 11.4 Å². The number of benzene rings is 1. The van der Waals surface area contributed by atoms with E-state index >= 15 is 0 Å². The highest BCUT2D eigenvalue weighted by molar-refractivity contribution is 9.08. The average molecular weight is 360 g/mol. The Morgan fingerprint density at radius 1 is 1.45 bits per heavy atom. The third kappa shape index (κ3) is 2.69. The summed E-state index contributed by atoms with van der Waals surface area (Å²) in [6.45, 7) is 2.69. The van der Waals surface area contributed by atoms with Crippen LogP contribution in [0.1, 0.15) is 19.2 Å². The summed E-state index contributed by atoms with van der Waals surface area (Å²) < 4.78 is 1.85. The summed E-state index contributed by atoms with van der Waals surface area (Å²) in [5.41, 5.74) is 0.246. The summed E-state index contributed by atoms with van der Waals surface area (Å²) in [6, 6.07) is 4.58. The third-order valence-corrected chi connectivity index (χ3v) is 3.62. The number of halogens is 2. The number of alkyl halides is 1. The van der Waals surface area contributed by atoms with E-state index in [1.165, 1.54) is 6.07 Å². The van der Waals surface area contributed by atoms with Crippen molar-refractivity contribution in [2.24, 2.45) is 0 Å². The molecule has 1 aromatic carbocycles. The zero-order valence-corrected chi connectivity index (χ0v) is 13.1. The van der Waals surface area contributed by atoms with E-state index in [0.29, 0.717) is 28.3 Å². The quantitative estimate of drug-likeness (QED) is 0.462. The first kappa shape index (κ1) is 14.9. The van der Waals surface area contributed by atoms with Crippen LogP contribution in [0, 0.1) is 10.1 Å². The third-order valence-electron chi connectivity index (χ3n) is 2.81. The van der Waals surface area contributed by atoms with Crippen molar-refractivity contribution >= 4 is 33.2 Å². The van der Waals surface area contributed by atoms with Crippen molar-refractivity contribution in [3.63, 3.8) is 0 Å². The Morgan fingerprint density at radius 3 is 2.80 bits per heavy atom. The van der Waals surface area contributed by atoms with E-state index in [0.717, 1.165) is 12.2 Å². The molecule has 106 valence electrons. The summed E-state index contributed by atoms with van der Waals surface area (Å²) in [7, 11) is 0. The molecule has 1 heterocycles. The van der Waals surface area contributed by atoms with Gasteiger partial charge in [-0.1, -0.05) is 40.5 Å². The Labute approximate surface area is 129 Å². The van der Waals surface area contributed by atoms with E-state index in [4.69, 9.17) is 11.6 Å². The smallest absolute Gasteiger partial charge is 0.281 e. The van der Waals surface area contributed by atoms with Crippen LogP contribution < -0.4 is 0 Å². The maximum Gasteiger partial charge on any atom is 0.281 e. The summed E-state index contributed by atoms with van der Waals surface area (Å²) in [5, 5.41) is 20.1. The Hall–Kier alpha value is -1.47. The largest absolute Gasteiger partial charge is 0.310 e.